The van der Waals surface area contributed by atoms with Crippen molar-refractivity contribution in [3.63, 3.8) is 0 Å². The number of esters is 1. The molecule has 0 bridgehead atoms. The number of aryl methyl sites for hydroxylation is 1. The summed E-state index contributed by atoms with van der Waals surface area (Å²) in [5.74, 6) is -0.485. The van der Waals surface area contributed by atoms with Gasteiger partial charge in [0.05, 0.1) is 6.54 Å². The summed E-state index contributed by atoms with van der Waals surface area (Å²) >= 11 is 1.67. The number of Topliss-reactive ketones (excluding diaryl/α,β-unsaturated/α-hetero) is 2. The molecule has 0 amide bonds. The fourth-order valence-electron chi connectivity index (χ4n) is 3.08. The molecule has 0 aliphatic carbocycles. The van der Waals surface area contributed by atoms with Gasteiger partial charge in [-0.1, -0.05) is 6.07 Å². The van der Waals surface area contributed by atoms with Crippen LogP contribution in [0.2, 0.25) is 0 Å². The summed E-state index contributed by atoms with van der Waals surface area (Å²) in [5, 5.41) is 2.02. The van der Waals surface area contributed by atoms with E-state index in [0.717, 1.165) is 11.4 Å². The summed E-state index contributed by atoms with van der Waals surface area (Å²) in [7, 11) is 0. The number of carbonyl (C=O) groups is 3. The average Bonchev–Trinajstić information content (AvgIpc) is 3.34. The van der Waals surface area contributed by atoms with Crippen molar-refractivity contribution in [3.8, 4) is 5.75 Å². The zero-order chi connectivity index (χ0) is 21.7. The van der Waals surface area contributed by atoms with Crippen LogP contribution >= 0.6 is 11.3 Å². The molecule has 0 spiro atoms. The van der Waals surface area contributed by atoms with E-state index in [4.69, 9.17) is 9.47 Å². The number of ether oxygens (including phenoxy) is 2. The molecule has 7 heteroatoms. The summed E-state index contributed by atoms with van der Waals surface area (Å²) in [4.78, 5) is 37.0. The fraction of sp³-hybridized carbons (Fsp3) is 0.261. The van der Waals surface area contributed by atoms with Gasteiger partial charge in [-0.2, -0.15) is 0 Å². The van der Waals surface area contributed by atoms with Gasteiger partial charge in [-0.3, -0.25) is 9.59 Å². The third kappa shape index (κ3) is 5.24. The zero-order valence-electron chi connectivity index (χ0n) is 17.1. The number of nitrogens with zero attached hydrogens (tertiary/aromatic N) is 1. The molecule has 2 heterocycles. The lowest BCUT2D eigenvalue weighted by Crippen LogP contribution is -2.20. The average molecular weight is 426 g/mol. The minimum absolute atomic E-state index is 0.0470. The summed E-state index contributed by atoms with van der Waals surface area (Å²) in [6.45, 7) is 5.37. The van der Waals surface area contributed by atoms with Crippen LogP contribution in [0.5, 0.6) is 5.75 Å². The summed E-state index contributed by atoms with van der Waals surface area (Å²) in [6.07, 6.45) is 0. The SMILES string of the molecule is CC(=O)c1ccc(OCC(=O)OCC(=O)c2cc(C)n(Cc3cccs3)c2C)cc1. The maximum Gasteiger partial charge on any atom is 0.344 e. The Balaban J connectivity index is 1.52. The molecule has 156 valence electrons. The Morgan fingerprint density at radius 3 is 2.40 bits per heavy atom. The van der Waals surface area contributed by atoms with Gasteiger partial charge in [0, 0.05) is 27.4 Å². The van der Waals surface area contributed by atoms with Crippen molar-refractivity contribution < 1.29 is 23.9 Å². The molecule has 0 unspecified atom stereocenters. The highest BCUT2D eigenvalue weighted by atomic mass is 32.1. The van der Waals surface area contributed by atoms with E-state index in [0.29, 0.717) is 23.4 Å². The van der Waals surface area contributed by atoms with Crippen LogP contribution in [0.3, 0.4) is 0 Å². The van der Waals surface area contributed by atoms with Gasteiger partial charge in [0.15, 0.2) is 19.0 Å². The Morgan fingerprint density at radius 1 is 1.03 bits per heavy atom. The lowest BCUT2D eigenvalue weighted by molar-refractivity contribution is -0.144. The standard InChI is InChI=1S/C23H23NO5S/c1-15-11-21(16(2)24(15)12-20-5-4-10-30-20)22(26)13-29-23(27)14-28-19-8-6-18(7-9-19)17(3)25/h4-11H,12-14H2,1-3H3. The van der Waals surface area contributed by atoms with Gasteiger partial charge in [0.2, 0.25) is 5.78 Å². The van der Waals surface area contributed by atoms with Gasteiger partial charge in [0.1, 0.15) is 5.75 Å². The van der Waals surface area contributed by atoms with Gasteiger partial charge >= 0.3 is 5.97 Å². The lowest BCUT2D eigenvalue weighted by Gasteiger charge is -2.09. The quantitative estimate of drug-likeness (QED) is 0.379. The first-order valence-corrected chi connectivity index (χ1v) is 10.3. The molecule has 30 heavy (non-hydrogen) atoms. The third-order valence-corrected chi connectivity index (χ3v) is 5.61. The van der Waals surface area contributed by atoms with Crippen molar-refractivity contribution in [2.24, 2.45) is 0 Å². The minimum Gasteiger partial charge on any atom is -0.482 e. The summed E-state index contributed by atoms with van der Waals surface area (Å²) in [6, 6.07) is 12.3. The van der Waals surface area contributed by atoms with E-state index in [1.54, 1.807) is 35.6 Å². The smallest absolute Gasteiger partial charge is 0.344 e. The van der Waals surface area contributed by atoms with E-state index in [-0.39, 0.29) is 24.8 Å². The molecule has 0 saturated heterocycles. The molecule has 0 fully saturated rings. The predicted octanol–water partition coefficient (Wildman–Crippen LogP) is 4.22. The normalized spacial score (nSPS) is 10.6. The maximum absolute atomic E-state index is 12.6. The van der Waals surface area contributed by atoms with E-state index in [2.05, 4.69) is 10.6 Å². The molecule has 3 aromatic rings. The highest BCUT2D eigenvalue weighted by Crippen LogP contribution is 2.20. The molecule has 0 radical (unpaired) electrons. The number of hydrogen-bond acceptors (Lipinski definition) is 6. The molecule has 0 aliphatic heterocycles. The highest BCUT2D eigenvalue weighted by Gasteiger charge is 2.18. The van der Waals surface area contributed by atoms with Gasteiger partial charge in [-0.15, -0.1) is 11.3 Å². The first-order chi connectivity index (χ1) is 14.3. The van der Waals surface area contributed by atoms with Crippen LogP contribution in [-0.2, 0) is 16.1 Å². The maximum atomic E-state index is 12.6. The van der Waals surface area contributed by atoms with Crippen molar-refractivity contribution in [3.05, 3.63) is 75.2 Å². The Kier molecular flexibility index (Phi) is 6.84. The van der Waals surface area contributed by atoms with Crippen molar-refractivity contribution in [1.29, 1.82) is 0 Å². The topological polar surface area (TPSA) is 74.6 Å². The van der Waals surface area contributed by atoms with E-state index < -0.39 is 5.97 Å². The van der Waals surface area contributed by atoms with Gasteiger partial charge in [0.25, 0.3) is 0 Å². The second-order valence-corrected chi connectivity index (χ2v) is 7.94. The molecular weight excluding hydrogens is 402 g/mol. The number of rotatable bonds is 9. The Hall–Kier alpha value is -3.19. The minimum atomic E-state index is -0.633. The number of hydrogen-bond donors (Lipinski definition) is 0. The molecule has 0 N–H and O–H groups in total. The number of benzene rings is 1. The largest absolute Gasteiger partial charge is 0.482 e. The van der Waals surface area contributed by atoms with Crippen LogP contribution in [0.4, 0.5) is 0 Å². The third-order valence-electron chi connectivity index (χ3n) is 4.75. The van der Waals surface area contributed by atoms with E-state index in [1.807, 2.05) is 31.4 Å². The summed E-state index contributed by atoms with van der Waals surface area (Å²) in [5.41, 5.74) is 2.95. The Labute approximate surface area is 179 Å². The predicted molar refractivity (Wildman–Crippen MR) is 115 cm³/mol. The van der Waals surface area contributed by atoms with E-state index in [1.165, 1.54) is 11.8 Å². The number of ketones is 2. The number of thiophene rings is 1. The monoisotopic (exact) mass is 425 g/mol. The lowest BCUT2D eigenvalue weighted by atomic mass is 10.1. The number of carbonyl (C=O) groups excluding carboxylic acids is 3. The van der Waals surface area contributed by atoms with Crippen LogP contribution in [0, 0.1) is 13.8 Å². The van der Waals surface area contributed by atoms with Gasteiger partial charge < -0.3 is 14.0 Å². The van der Waals surface area contributed by atoms with Crippen molar-refractivity contribution in [2.75, 3.05) is 13.2 Å². The van der Waals surface area contributed by atoms with Crippen LogP contribution in [-0.4, -0.2) is 35.3 Å². The van der Waals surface area contributed by atoms with Crippen molar-refractivity contribution in [1.82, 2.24) is 4.57 Å². The Bertz CT molecular complexity index is 1050. The molecule has 3 rings (SSSR count). The second-order valence-electron chi connectivity index (χ2n) is 6.90. The van der Waals surface area contributed by atoms with Gasteiger partial charge in [-0.05, 0) is 62.5 Å². The molecule has 6 nitrogen and oxygen atoms in total. The second kappa shape index (κ2) is 9.54. The fourth-order valence-corrected chi connectivity index (χ4v) is 3.77. The van der Waals surface area contributed by atoms with Crippen LogP contribution in [0.15, 0.2) is 47.8 Å². The number of aromatic nitrogens is 1. The van der Waals surface area contributed by atoms with E-state index >= 15 is 0 Å². The zero-order valence-corrected chi connectivity index (χ0v) is 18.0. The molecule has 2 aromatic heterocycles. The molecule has 0 aliphatic rings. The molecule has 1 aromatic carbocycles. The first kappa shape index (κ1) is 21.5. The van der Waals surface area contributed by atoms with Crippen LogP contribution in [0.1, 0.15) is 43.9 Å². The van der Waals surface area contributed by atoms with Crippen LogP contribution in [0.25, 0.3) is 0 Å². The van der Waals surface area contributed by atoms with Gasteiger partial charge in [-0.25, -0.2) is 4.79 Å². The van der Waals surface area contributed by atoms with E-state index in [9.17, 15) is 14.4 Å². The van der Waals surface area contributed by atoms with Crippen molar-refractivity contribution >= 4 is 28.9 Å². The molecular formula is C23H23NO5S. The summed E-state index contributed by atoms with van der Waals surface area (Å²) < 4.78 is 12.5. The van der Waals surface area contributed by atoms with Crippen LogP contribution < -0.4 is 4.74 Å². The van der Waals surface area contributed by atoms with Crippen molar-refractivity contribution in [2.45, 2.75) is 27.3 Å². The highest BCUT2D eigenvalue weighted by molar-refractivity contribution is 7.09. The Morgan fingerprint density at radius 2 is 1.77 bits per heavy atom. The molecule has 0 atom stereocenters. The molecule has 0 saturated carbocycles. The first-order valence-electron chi connectivity index (χ1n) is 9.47.